The molecule has 1 unspecified atom stereocenters. The average Bonchev–Trinajstić information content (AvgIpc) is 3.37. The first-order valence-corrected chi connectivity index (χ1v) is 13.4. The van der Waals surface area contributed by atoms with E-state index in [0.717, 1.165) is 52.6 Å². The number of benzene rings is 3. The van der Waals surface area contributed by atoms with Crippen molar-refractivity contribution in [3.05, 3.63) is 82.4 Å². The zero-order valence-electron chi connectivity index (χ0n) is 21.6. The standard InChI is InChI=1S/C31H34ClNO4/c1-4-21-11-12-33(17-21)19(2)18-36-27-8-5-22(6-9-27)31-30(23-13-24(32)15-26(35)14-23)20(3)28-16-25(34)7-10-29(28)37-31/h5-10,13-16,19,21,31,34-35H,4,11-12,17-18H2,1-3H3/t19-,21+,31?/m0/s1. The van der Waals surface area contributed by atoms with E-state index < -0.39 is 6.10 Å². The lowest BCUT2D eigenvalue weighted by molar-refractivity contribution is 0.168. The maximum absolute atomic E-state index is 10.2. The molecule has 37 heavy (non-hydrogen) atoms. The highest BCUT2D eigenvalue weighted by Crippen LogP contribution is 2.48. The lowest BCUT2D eigenvalue weighted by Gasteiger charge is -2.31. The molecule has 3 aromatic carbocycles. The number of hydrogen-bond donors (Lipinski definition) is 2. The van der Waals surface area contributed by atoms with Crippen LogP contribution in [0.5, 0.6) is 23.0 Å². The van der Waals surface area contributed by atoms with Gasteiger partial charge in [-0.1, -0.05) is 37.1 Å². The number of fused-ring (bicyclic) bond motifs is 1. The van der Waals surface area contributed by atoms with Crippen LogP contribution in [-0.4, -0.2) is 40.9 Å². The molecule has 2 N–H and O–H groups in total. The Balaban J connectivity index is 1.40. The number of halogens is 1. The Morgan fingerprint density at radius 1 is 1.05 bits per heavy atom. The smallest absolute Gasteiger partial charge is 0.150 e. The van der Waals surface area contributed by atoms with Gasteiger partial charge in [0.25, 0.3) is 0 Å². The van der Waals surface area contributed by atoms with Crippen LogP contribution in [0.3, 0.4) is 0 Å². The highest BCUT2D eigenvalue weighted by molar-refractivity contribution is 6.31. The van der Waals surface area contributed by atoms with Crippen LogP contribution in [0.1, 0.15) is 56.4 Å². The largest absolute Gasteiger partial charge is 0.508 e. The molecule has 5 rings (SSSR count). The van der Waals surface area contributed by atoms with Gasteiger partial charge in [-0.2, -0.15) is 0 Å². The summed E-state index contributed by atoms with van der Waals surface area (Å²) in [6, 6.07) is 18.5. The number of phenolic OH excluding ortho intramolecular Hbond substituents is 2. The van der Waals surface area contributed by atoms with Gasteiger partial charge in [0, 0.05) is 28.7 Å². The number of aromatic hydroxyl groups is 2. The van der Waals surface area contributed by atoms with Gasteiger partial charge in [-0.3, -0.25) is 4.90 Å². The zero-order chi connectivity index (χ0) is 26.1. The Labute approximate surface area is 223 Å². The number of phenols is 2. The Morgan fingerprint density at radius 2 is 1.84 bits per heavy atom. The number of allylic oxidation sites excluding steroid dienone is 1. The molecule has 3 atom stereocenters. The van der Waals surface area contributed by atoms with Crippen molar-refractivity contribution in [2.75, 3.05) is 19.7 Å². The van der Waals surface area contributed by atoms with Crippen molar-refractivity contribution in [1.29, 1.82) is 0 Å². The summed E-state index contributed by atoms with van der Waals surface area (Å²) in [7, 11) is 0. The van der Waals surface area contributed by atoms with Crippen molar-refractivity contribution >= 4 is 22.7 Å². The molecule has 0 amide bonds. The van der Waals surface area contributed by atoms with Crippen molar-refractivity contribution in [3.8, 4) is 23.0 Å². The molecule has 0 bridgehead atoms. The van der Waals surface area contributed by atoms with Gasteiger partial charge in [-0.15, -0.1) is 0 Å². The van der Waals surface area contributed by atoms with E-state index in [2.05, 4.69) is 18.7 Å². The first-order valence-electron chi connectivity index (χ1n) is 13.0. The molecule has 1 fully saturated rings. The predicted octanol–water partition coefficient (Wildman–Crippen LogP) is 7.31. The van der Waals surface area contributed by atoms with E-state index in [9.17, 15) is 10.2 Å². The molecule has 0 aromatic heterocycles. The van der Waals surface area contributed by atoms with Crippen molar-refractivity contribution in [2.24, 2.45) is 5.92 Å². The van der Waals surface area contributed by atoms with Crippen LogP contribution in [0.25, 0.3) is 11.1 Å². The van der Waals surface area contributed by atoms with E-state index in [1.807, 2.05) is 37.3 Å². The van der Waals surface area contributed by atoms with E-state index in [4.69, 9.17) is 21.1 Å². The summed E-state index contributed by atoms with van der Waals surface area (Å²) in [5.74, 6) is 2.58. The molecule has 0 spiro atoms. The van der Waals surface area contributed by atoms with Gasteiger partial charge in [0.05, 0.1) is 0 Å². The molecule has 194 valence electrons. The second kappa shape index (κ2) is 10.7. The molecule has 6 heteroatoms. The molecule has 5 nitrogen and oxygen atoms in total. The molecule has 2 aliphatic rings. The average molecular weight is 520 g/mol. The third-order valence-electron chi connectivity index (χ3n) is 7.66. The number of nitrogens with zero attached hydrogens (tertiary/aromatic N) is 1. The summed E-state index contributed by atoms with van der Waals surface area (Å²) in [6.45, 7) is 9.46. The molecule has 2 heterocycles. The summed E-state index contributed by atoms with van der Waals surface area (Å²) in [6.07, 6.45) is 2.10. The van der Waals surface area contributed by atoms with Crippen molar-refractivity contribution in [2.45, 2.75) is 45.8 Å². The Morgan fingerprint density at radius 3 is 2.54 bits per heavy atom. The van der Waals surface area contributed by atoms with Gasteiger partial charge >= 0.3 is 0 Å². The number of ether oxygens (including phenoxy) is 2. The van der Waals surface area contributed by atoms with E-state index in [1.165, 1.54) is 18.9 Å². The maximum atomic E-state index is 10.2. The summed E-state index contributed by atoms with van der Waals surface area (Å²) in [5, 5.41) is 20.8. The molecule has 0 aliphatic carbocycles. The first-order chi connectivity index (χ1) is 17.8. The number of likely N-dealkylation sites (tertiary alicyclic amines) is 1. The van der Waals surface area contributed by atoms with Crippen LogP contribution in [0, 0.1) is 5.92 Å². The minimum absolute atomic E-state index is 0.0874. The normalized spacial score (nSPS) is 20.4. The summed E-state index contributed by atoms with van der Waals surface area (Å²) >= 11 is 6.30. The fourth-order valence-electron chi connectivity index (χ4n) is 5.43. The Hall–Kier alpha value is -3.15. The van der Waals surface area contributed by atoms with Gasteiger partial charge in [-0.05, 0) is 98.0 Å². The highest BCUT2D eigenvalue weighted by Gasteiger charge is 2.30. The topological polar surface area (TPSA) is 62.2 Å². The van der Waals surface area contributed by atoms with Gasteiger partial charge in [0.2, 0.25) is 0 Å². The Bertz CT molecular complexity index is 1280. The zero-order valence-corrected chi connectivity index (χ0v) is 22.3. The molecule has 2 aliphatic heterocycles. The van der Waals surface area contributed by atoms with Gasteiger partial charge in [0.15, 0.2) is 0 Å². The second-order valence-corrected chi connectivity index (χ2v) is 10.6. The van der Waals surface area contributed by atoms with Crippen LogP contribution >= 0.6 is 11.6 Å². The fraction of sp³-hybridized carbons (Fsp3) is 0.355. The highest BCUT2D eigenvalue weighted by atomic mass is 35.5. The summed E-state index contributed by atoms with van der Waals surface area (Å²) in [5.41, 5.74) is 4.38. The van der Waals surface area contributed by atoms with Crippen molar-refractivity contribution in [3.63, 3.8) is 0 Å². The SMILES string of the molecule is CC[C@@H]1CCN([C@@H](C)COc2ccc(C3Oc4ccc(O)cc4C(C)=C3c3cc(O)cc(Cl)c3)cc2)C1. The van der Waals surface area contributed by atoms with Crippen LogP contribution in [0.2, 0.25) is 5.02 Å². The number of rotatable bonds is 7. The van der Waals surface area contributed by atoms with E-state index >= 15 is 0 Å². The predicted molar refractivity (Wildman–Crippen MR) is 148 cm³/mol. The molecule has 0 radical (unpaired) electrons. The molecule has 0 saturated carbocycles. The minimum atomic E-state index is -0.418. The van der Waals surface area contributed by atoms with Crippen LogP contribution in [0.15, 0.2) is 60.7 Å². The van der Waals surface area contributed by atoms with E-state index in [-0.39, 0.29) is 11.5 Å². The summed E-state index contributed by atoms with van der Waals surface area (Å²) in [4.78, 5) is 2.52. The summed E-state index contributed by atoms with van der Waals surface area (Å²) < 4.78 is 12.6. The monoisotopic (exact) mass is 519 g/mol. The van der Waals surface area contributed by atoms with Crippen LogP contribution < -0.4 is 9.47 Å². The third kappa shape index (κ3) is 5.43. The van der Waals surface area contributed by atoms with Crippen LogP contribution in [-0.2, 0) is 0 Å². The first kappa shape index (κ1) is 25.5. The second-order valence-electron chi connectivity index (χ2n) is 10.2. The van der Waals surface area contributed by atoms with Gasteiger partial charge in [-0.25, -0.2) is 0 Å². The maximum Gasteiger partial charge on any atom is 0.150 e. The molecule has 1 saturated heterocycles. The van der Waals surface area contributed by atoms with Crippen molar-refractivity contribution in [1.82, 2.24) is 4.90 Å². The van der Waals surface area contributed by atoms with Gasteiger partial charge < -0.3 is 19.7 Å². The third-order valence-corrected chi connectivity index (χ3v) is 7.88. The van der Waals surface area contributed by atoms with E-state index in [0.29, 0.717) is 23.4 Å². The van der Waals surface area contributed by atoms with Crippen LogP contribution in [0.4, 0.5) is 0 Å². The molecular formula is C31H34ClNO4. The van der Waals surface area contributed by atoms with E-state index in [1.54, 1.807) is 24.3 Å². The fourth-order valence-corrected chi connectivity index (χ4v) is 5.66. The van der Waals surface area contributed by atoms with Crippen molar-refractivity contribution < 1.29 is 19.7 Å². The molecular weight excluding hydrogens is 486 g/mol. The molecule has 3 aromatic rings. The van der Waals surface area contributed by atoms with Gasteiger partial charge in [0.1, 0.15) is 35.7 Å². The number of hydrogen-bond acceptors (Lipinski definition) is 5. The quantitative estimate of drug-likeness (QED) is 0.342. The lowest BCUT2D eigenvalue weighted by atomic mass is 9.86. The Kier molecular flexibility index (Phi) is 7.36. The minimum Gasteiger partial charge on any atom is -0.508 e. The lowest BCUT2D eigenvalue weighted by Crippen LogP contribution is -2.35.